The molecule has 0 amide bonds. The summed E-state index contributed by atoms with van der Waals surface area (Å²) in [6, 6.07) is 18.2. The Hall–Kier alpha value is -3.98. The summed E-state index contributed by atoms with van der Waals surface area (Å²) in [7, 11) is -2.18. The van der Waals surface area contributed by atoms with Gasteiger partial charge in [0.25, 0.3) is 10.0 Å². The average Bonchev–Trinajstić information content (AvgIpc) is 3.04. The van der Waals surface area contributed by atoms with Crippen molar-refractivity contribution >= 4 is 33.2 Å². The molecule has 1 N–H and O–H groups in total. The third-order valence-corrected chi connectivity index (χ3v) is 7.48. The van der Waals surface area contributed by atoms with Crippen molar-refractivity contribution in [1.82, 2.24) is 0 Å². The summed E-state index contributed by atoms with van der Waals surface area (Å²) in [4.78, 5) is 26.8. The molecule has 0 unspecified atom stereocenters. The number of anilines is 2. The maximum atomic E-state index is 13.8. The minimum atomic E-state index is -4.07. The van der Waals surface area contributed by atoms with Crippen molar-refractivity contribution in [2.24, 2.45) is 0 Å². The molecule has 0 atom stereocenters. The molecular formula is C27H25FN2O5S. The fraction of sp³-hybridized carbons (Fsp3) is 0.185. The normalized spacial score (nSPS) is 15.4. The van der Waals surface area contributed by atoms with Crippen molar-refractivity contribution in [3.8, 4) is 0 Å². The molecule has 1 aliphatic heterocycles. The van der Waals surface area contributed by atoms with Gasteiger partial charge in [-0.1, -0.05) is 44.2 Å². The van der Waals surface area contributed by atoms with Gasteiger partial charge in [-0.15, -0.1) is 0 Å². The van der Waals surface area contributed by atoms with Crippen LogP contribution < -0.4 is 9.62 Å². The fourth-order valence-electron chi connectivity index (χ4n) is 4.19. The van der Waals surface area contributed by atoms with Crippen LogP contribution in [0.25, 0.3) is 0 Å². The highest BCUT2D eigenvalue weighted by Crippen LogP contribution is 2.46. The second kappa shape index (κ2) is 9.58. The third kappa shape index (κ3) is 4.87. The average molecular weight is 509 g/mol. The number of rotatable bonds is 7. The predicted octanol–water partition coefficient (Wildman–Crippen LogP) is 4.66. The van der Waals surface area contributed by atoms with Gasteiger partial charge in [-0.05, 0) is 48.0 Å². The Kier molecular flexibility index (Phi) is 6.69. The Morgan fingerprint density at radius 2 is 1.64 bits per heavy atom. The SMILES string of the molecule is CN1C(=CC(=O)COC(=O)c2ccc(S(=O)(=O)Nc3ccccc3F)cc2)C(C)(C)c2ccccc21. The highest BCUT2D eigenvalue weighted by Gasteiger charge is 2.38. The van der Waals surface area contributed by atoms with Crippen LogP contribution in [-0.4, -0.2) is 33.8 Å². The largest absolute Gasteiger partial charge is 0.454 e. The number of carbonyl (C=O) groups excluding carboxylic acids is 2. The van der Waals surface area contributed by atoms with Gasteiger partial charge in [0.05, 0.1) is 16.1 Å². The van der Waals surface area contributed by atoms with E-state index in [1.807, 2.05) is 50.1 Å². The second-order valence-corrected chi connectivity index (χ2v) is 10.6. The second-order valence-electron chi connectivity index (χ2n) is 8.88. The highest BCUT2D eigenvalue weighted by atomic mass is 32.2. The number of halogens is 1. The van der Waals surface area contributed by atoms with E-state index >= 15 is 0 Å². The Balaban J connectivity index is 1.40. The molecule has 0 saturated carbocycles. The van der Waals surface area contributed by atoms with E-state index in [0.29, 0.717) is 0 Å². The van der Waals surface area contributed by atoms with Crippen molar-refractivity contribution in [3.63, 3.8) is 0 Å². The maximum Gasteiger partial charge on any atom is 0.338 e. The summed E-state index contributed by atoms with van der Waals surface area (Å²) in [5.74, 6) is -1.86. The number of esters is 1. The van der Waals surface area contributed by atoms with E-state index in [4.69, 9.17) is 4.74 Å². The van der Waals surface area contributed by atoms with Crippen molar-refractivity contribution in [3.05, 3.63) is 102 Å². The molecule has 186 valence electrons. The Labute approximate surface area is 209 Å². The molecule has 0 fully saturated rings. The first-order valence-electron chi connectivity index (χ1n) is 11.1. The fourth-order valence-corrected chi connectivity index (χ4v) is 5.26. The molecule has 1 aliphatic rings. The van der Waals surface area contributed by atoms with Crippen molar-refractivity contribution in [2.75, 3.05) is 23.3 Å². The monoisotopic (exact) mass is 508 g/mol. The number of ether oxygens (including phenoxy) is 1. The number of hydrogen-bond donors (Lipinski definition) is 1. The van der Waals surface area contributed by atoms with E-state index in [-0.39, 0.29) is 27.3 Å². The lowest BCUT2D eigenvalue weighted by Gasteiger charge is -2.23. The van der Waals surface area contributed by atoms with Crippen LogP contribution in [0.15, 0.2) is 89.5 Å². The number of para-hydroxylation sites is 2. The van der Waals surface area contributed by atoms with Crippen molar-refractivity contribution in [1.29, 1.82) is 0 Å². The number of nitrogens with zero attached hydrogens (tertiary/aromatic N) is 1. The van der Waals surface area contributed by atoms with Crippen LogP contribution in [0.4, 0.5) is 15.8 Å². The summed E-state index contributed by atoms with van der Waals surface area (Å²) in [5, 5.41) is 0. The molecule has 3 aromatic rings. The standard InChI is InChI=1S/C27H25FN2O5S/c1-27(2)21-8-4-7-11-24(21)30(3)25(27)16-19(31)17-35-26(32)18-12-14-20(15-13-18)36(33,34)29-23-10-6-5-9-22(23)28/h4-16,29H,17H2,1-3H3. The van der Waals surface area contributed by atoms with Crippen molar-refractivity contribution < 1.29 is 27.1 Å². The van der Waals surface area contributed by atoms with Crippen LogP contribution in [0.1, 0.15) is 29.8 Å². The van der Waals surface area contributed by atoms with Gasteiger partial charge in [-0.3, -0.25) is 9.52 Å². The lowest BCUT2D eigenvalue weighted by molar-refractivity contribution is -0.117. The van der Waals surface area contributed by atoms with Gasteiger partial charge in [0.15, 0.2) is 12.4 Å². The van der Waals surface area contributed by atoms with E-state index in [1.54, 1.807) is 0 Å². The molecule has 9 heteroatoms. The van der Waals surface area contributed by atoms with Crippen LogP contribution in [0, 0.1) is 5.82 Å². The Morgan fingerprint density at radius 1 is 1.00 bits per heavy atom. The molecule has 1 heterocycles. The van der Waals surface area contributed by atoms with Crippen LogP contribution in [-0.2, 0) is 25.0 Å². The molecule has 0 saturated heterocycles. The lowest BCUT2D eigenvalue weighted by atomic mass is 9.83. The summed E-state index contributed by atoms with van der Waals surface area (Å²) in [5.41, 5.74) is 2.41. The van der Waals surface area contributed by atoms with E-state index in [1.165, 1.54) is 48.5 Å². The predicted molar refractivity (Wildman–Crippen MR) is 135 cm³/mol. The zero-order valence-corrected chi connectivity index (χ0v) is 20.8. The number of hydrogen-bond acceptors (Lipinski definition) is 6. The van der Waals surface area contributed by atoms with E-state index < -0.39 is 28.4 Å². The number of carbonyl (C=O) groups is 2. The zero-order chi connectivity index (χ0) is 26.1. The van der Waals surface area contributed by atoms with Gasteiger partial charge in [0, 0.05) is 29.9 Å². The summed E-state index contributed by atoms with van der Waals surface area (Å²) in [6.45, 7) is 3.59. The zero-order valence-electron chi connectivity index (χ0n) is 20.0. The number of likely N-dealkylation sites (N-methyl/N-ethyl adjacent to an activating group) is 1. The van der Waals surface area contributed by atoms with Gasteiger partial charge in [-0.2, -0.15) is 0 Å². The quantitative estimate of drug-likeness (QED) is 0.369. The first-order valence-corrected chi connectivity index (χ1v) is 12.6. The first-order chi connectivity index (χ1) is 17.0. The molecule has 3 aromatic carbocycles. The van der Waals surface area contributed by atoms with Gasteiger partial charge < -0.3 is 9.64 Å². The number of nitrogens with one attached hydrogen (secondary N) is 1. The molecular weight excluding hydrogens is 483 g/mol. The van der Waals surface area contributed by atoms with Gasteiger partial charge in [0.2, 0.25) is 0 Å². The molecule has 0 aliphatic carbocycles. The van der Waals surface area contributed by atoms with Crippen LogP contribution in [0.2, 0.25) is 0 Å². The highest BCUT2D eigenvalue weighted by molar-refractivity contribution is 7.92. The number of ketones is 1. The summed E-state index contributed by atoms with van der Waals surface area (Å²) >= 11 is 0. The molecule has 4 rings (SSSR count). The summed E-state index contributed by atoms with van der Waals surface area (Å²) < 4.78 is 46.2. The van der Waals surface area contributed by atoms with Crippen LogP contribution in [0.3, 0.4) is 0 Å². The molecule has 36 heavy (non-hydrogen) atoms. The molecule has 0 bridgehead atoms. The van der Waals surface area contributed by atoms with E-state index in [2.05, 4.69) is 4.72 Å². The lowest BCUT2D eigenvalue weighted by Crippen LogP contribution is -2.25. The summed E-state index contributed by atoms with van der Waals surface area (Å²) in [6.07, 6.45) is 1.48. The topological polar surface area (TPSA) is 92.8 Å². The molecule has 0 aromatic heterocycles. The Morgan fingerprint density at radius 3 is 2.31 bits per heavy atom. The van der Waals surface area contributed by atoms with Crippen molar-refractivity contribution in [2.45, 2.75) is 24.2 Å². The van der Waals surface area contributed by atoms with Crippen LogP contribution in [0.5, 0.6) is 0 Å². The van der Waals surface area contributed by atoms with Crippen LogP contribution >= 0.6 is 0 Å². The number of fused-ring (bicyclic) bond motifs is 1. The number of sulfonamides is 1. The van der Waals surface area contributed by atoms with Gasteiger partial charge >= 0.3 is 5.97 Å². The first kappa shape index (κ1) is 25.1. The molecule has 7 nitrogen and oxygen atoms in total. The van der Waals surface area contributed by atoms with E-state index in [9.17, 15) is 22.4 Å². The van der Waals surface area contributed by atoms with Gasteiger partial charge in [-0.25, -0.2) is 17.6 Å². The molecule has 0 spiro atoms. The molecule has 0 radical (unpaired) electrons. The Bertz CT molecular complexity index is 1460. The van der Waals surface area contributed by atoms with Gasteiger partial charge in [0.1, 0.15) is 5.82 Å². The minimum Gasteiger partial charge on any atom is -0.454 e. The number of allylic oxidation sites excluding steroid dienone is 1. The third-order valence-electron chi connectivity index (χ3n) is 6.10. The minimum absolute atomic E-state index is 0.0750. The van der Waals surface area contributed by atoms with E-state index in [0.717, 1.165) is 23.0 Å². The maximum absolute atomic E-state index is 13.8. The number of benzene rings is 3. The smallest absolute Gasteiger partial charge is 0.338 e.